The second kappa shape index (κ2) is 8.50. The number of benzene rings is 2. The molecule has 1 aliphatic heterocycles. The molecule has 170 valence electrons. The van der Waals surface area contributed by atoms with Crippen LogP contribution in [0.1, 0.15) is 39.2 Å². The van der Waals surface area contributed by atoms with Gasteiger partial charge in [-0.15, -0.1) is 11.3 Å². The minimum Gasteiger partial charge on any atom is -0.360 e. The van der Waals surface area contributed by atoms with Crippen LogP contribution >= 0.6 is 22.9 Å². The lowest BCUT2D eigenvalue weighted by atomic mass is 9.95. The highest BCUT2D eigenvalue weighted by atomic mass is 35.5. The number of thiazole rings is 1. The van der Waals surface area contributed by atoms with Gasteiger partial charge in [-0.2, -0.15) is 0 Å². The number of hydrogen-bond acceptors (Lipinski definition) is 6. The molecule has 3 aromatic rings. The zero-order valence-electron chi connectivity index (χ0n) is 17.2. The normalized spacial score (nSPS) is 20.9. The fraction of sp³-hybridized carbons (Fsp3) is 0.304. The zero-order chi connectivity index (χ0) is 22.3. The number of aryl methyl sites for hydroxylation is 1. The van der Waals surface area contributed by atoms with Gasteiger partial charge in [0.2, 0.25) is 0 Å². The Morgan fingerprint density at radius 1 is 1.16 bits per heavy atom. The number of nitrogens with one attached hydrogen (secondary N) is 1. The summed E-state index contributed by atoms with van der Waals surface area (Å²) in [5.74, 6) is -0.0640. The Morgan fingerprint density at radius 3 is 2.72 bits per heavy atom. The maximum Gasteiger partial charge on any atom is 0.263 e. The molecule has 2 aromatic carbocycles. The number of ketones is 1. The van der Waals surface area contributed by atoms with Crippen molar-refractivity contribution in [3.8, 4) is 0 Å². The van der Waals surface area contributed by atoms with E-state index in [-0.39, 0.29) is 25.5 Å². The molecule has 2 atom stereocenters. The number of anilines is 2. The van der Waals surface area contributed by atoms with Crippen LogP contribution in [0.2, 0.25) is 5.02 Å². The number of rotatable bonds is 5. The van der Waals surface area contributed by atoms with Gasteiger partial charge in [-0.05, 0) is 55.0 Å². The average Bonchev–Trinajstić information content (AvgIpc) is 3.43. The van der Waals surface area contributed by atoms with Gasteiger partial charge in [0.25, 0.3) is 10.0 Å². The fourth-order valence-corrected chi connectivity index (χ4v) is 6.85. The Labute approximate surface area is 199 Å². The summed E-state index contributed by atoms with van der Waals surface area (Å²) >= 11 is 7.73. The number of para-hydroxylation sites is 1. The smallest absolute Gasteiger partial charge is 0.263 e. The molecule has 1 unspecified atom stereocenters. The van der Waals surface area contributed by atoms with Crippen molar-refractivity contribution in [1.82, 2.24) is 4.98 Å². The summed E-state index contributed by atoms with van der Waals surface area (Å²) in [4.78, 5) is 19.7. The van der Waals surface area contributed by atoms with Gasteiger partial charge in [0.05, 0.1) is 21.6 Å². The number of aromatic nitrogens is 1. The van der Waals surface area contributed by atoms with Gasteiger partial charge in [-0.25, -0.2) is 13.4 Å². The Morgan fingerprint density at radius 2 is 1.97 bits per heavy atom. The van der Waals surface area contributed by atoms with Gasteiger partial charge < -0.3 is 4.90 Å². The number of halogens is 1. The van der Waals surface area contributed by atoms with E-state index in [1.807, 2.05) is 12.1 Å². The van der Waals surface area contributed by atoms with Crippen molar-refractivity contribution < 1.29 is 16.1 Å². The first-order valence-corrected chi connectivity index (χ1v) is 13.3. The third kappa shape index (κ3) is 3.91. The monoisotopic (exact) mass is 491 g/mol. The number of sulfonamides is 1. The summed E-state index contributed by atoms with van der Waals surface area (Å²) in [6, 6.07) is 12.3. The van der Waals surface area contributed by atoms with Crippen molar-refractivity contribution in [1.29, 1.82) is 0 Å². The number of hydrogen-bond donors (Lipinski definition) is 1. The van der Waals surface area contributed by atoms with Crippen LogP contribution in [-0.4, -0.2) is 31.8 Å². The maximum atomic E-state index is 13.4. The van der Waals surface area contributed by atoms with E-state index in [0.717, 1.165) is 43.5 Å². The summed E-state index contributed by atoms with van der Waals surface area (Å²) in [7, 11) is -3.71. The van der Waals surface area contributed by atoms with Crippen LogP contribution in [0.4, 0.5) is 10.8 Å². The van der Waals surface area contributed by atoms with E-state index >= 15 is 0 Å². The number of nitrogens with zero attached hydrogens (tertiary/aromatic N) is 2. The van der Waals surface area contributed by atoms with E-state index in [4.69, 9.17) is 11.6 Å². The molecule has 1 aromatic heterocycles. The van der Waals surface area contributed by atoms with Crippen LogP contribution in [0.5, 0.6) is 0 Å². The molecule has 0 saturated heterocycles. The van der Waals surface area contributed by atoms with Gasteiger partial charge in [-0.1, -0.05) is 35.9 Å². The molecule has 1 fully saturated rings. The molecule has 5 rings (SSSR count). The minimum atomic E-state index is -3.71. The van der Waals surface area contributed by atoms with Crippen LogP contribution in [-0.2, 0) is 21.2 Å². The molecule has 0 spiro atoms. The third-order valence-electron chi connectivity index (χ3n) is 6.23. The molecule has 9 heteroatoms. The third-order valence-corrected chi connectivity index (χ3v) is 8.70. The van der Waals surface area contributed by atoms with Crippen molar-refractivity contribution in [2.45, 2.75) is 42.5 Å². The molecule has 1 saturated carbocycles. The van der Waals surface area contributed by atoms with Crippen LogP contribution in [0.15, 0.2) is 58.9 Å². The van der Waals surface area contributed by atoms with E-state index in [0.29, 0.717) is 10.2 Å². The Kier molecular flexibility index (Phi) is 5.69. The molecule has 0 radical (unpaired) electrons. The van der Waals surface area contributed by atoms with E-state index in [1.165, 1.54) is 16.9 Å². The molecular formula is C23H26ClN3O3S2. The number of carbonyl (C=O) groups excluding carboxylic acids is 1. The summed E-state index contributed by atoms with van der Waals surface area (Å²) in [6.45, 7) is 0.819. The van der Waals surface area contributed by atoms with Gasteiger partial charge >= 0.3 is 0 Å². The summed E-state index contributed by atoms with van der Waals surface area (Å²) in [6.07, 6.45) is 5.02. The lowest BCUT2D eigenvalue weighted by Gasteiger charge is -2.36. The van der Waals surface area contributed by atoms with Gasteiger partial charge in [-0.3, -0.25) is 9.52 Å². The second-order valence-electron chi connectivity index (χ2n) is 8.10. The minimum absolute atomic E-state index is 0. The second-order valence-corrected chi connectivity index (χ2v) is 11.1. The molecule has 1 N–H and O–H groups in total. The first-order chi connectivity index (χ1) is 15.4. The van der Waals surface area contributed by atoms with Crippen LogP contribution in [0, 0.1) is 0 Å². The molecule has 2 heterocycles. The summed E-state index contributed by atoms with van der Waals surface area (Å²) < 4.78 is 27.6. The van der Waals surface area contributed by atoms with E-state index in [2.05, 4.69) is 20.7 Å². The van der Waals surface area contributed by atoms with Crippen molar-refractivity contribution >= 4 is 49.6 Å². The summed E-state index contributed by atoms with van der Waals surface area (Å²) in [5.41, 5.74) is 3.04. The quantitative estimate of drug-likeness (QED) is 0.520. The van der Waals surface area contributed by atoms with Crippen molar-refractivity contribution in [2.75, 3.05) is 16.2 Å². The molecular weight excluding hydrogens is 466 g/mol. The number of Topliss-reactive ketones (excluding diaryl/α,β-unsaturated/α-hetero) is 1. The van der Waals surface area contributed by atoms with Crippen LogP contribution < -0.4 is 9.62 Å². The Balaban J connectivity index is 0.00000162. The van der Waals surface area contributed by atoms with Gasteiger partial charge in [0.15, 0.2) is 10.9 Å². The number of fused-ring (bicyclic) bond motifs is 1. The lowest BCUT2D eigenvalue weighted by Crippen LogP contribution is -2.42. The average molecular weight is 492 g/mol. The van der Waals surface area contributed by atoms with Crippen molar-refractivity contribution in [2.24, 2.45) is 0 Å². The predicted molar refractivity (Wildman–Crippen MR) is 131 cm³/mol. The van der Waals surface area contributed by atoms with Crippen molar-refractivity contribution in [3.05, 3.63) is 70.2 Å². The van der Waals surface area contributed by atoms with E-state index in [9.17, 15) is 13.2 Å². The molecule has 6 nitrogen and oxygen atoms in total. The Hall–Kier alpha value is -2.42. The fourth-order valence-electron chi connectivity index (χ4n) is 4.76. The molecule has 2 aliphatic rings. The molecule has 32 heavy (non-hydrogen) atoms. The standard InChI is InChI=1S/C23H22ClN3O3S2.2H2/c24-19-5-1-3-16-4-2-13-27(21(16)19)20-11-10-18(22(20)28)15-6-8-17(9-7-15)32(29,30)26-23-25-12-14-31-23;;/h1,3,5-9,12,14,18,20H,2,4,10-11,13H2,(H,25,26);2*1H/t18?,20-;;/m1../s1. The first-order valence-electron chi connectivity index (χ1n) is 10.5. The molecule has 0 amide bonds. The van der Waals surface area contributed by atoms with Gasteiger partial charge in [0, 0.05) is 26.9 Å². The zero-order valence-corrected chi connectivity index (χ0v) is 19.6. The number of carbonyl (C=O) groups is 1. The SMILES string of the molecule is O=C1C(c2ccc(S(=O)(=O)Nc3nccs3)cc2)CC[C@H]1N1CCCc2cccc(Cl)c21.[HH].[HH]. The summed E-state index contributed by atoms with van der Waals surface area (Å²) in [5, 5.41) is 2.72. The molecule has 0 bridgehead atoms. The lowest BCUT2D eigenvalue weighted by molar-refractivity contribution is -0.119. The first kappa shape index (κ1) is 21.4. The largest absolute Gasteiger partial charge is 0.360 e. The van der Waals surface area contributed by atoms with Crippen LogP contribution in [0.3, 0.4) is 0 Å². The maximum absolute atomic E-state index is 13.4. The molecule has 1 aliphatic carbocycles. The highest BCUT2D eigenvalue weighted by Gasteiger charge is 2.40. The van der Waals surface area contributed by atoms with Crippen LogP contribution in [0.25, 0.3) is 0 Å². The van der Waals surface area contributed by atoms with E-state index < -0.39 is 10.0 Å². The predicted octanol–water partition coefficient (Wildman–Crippen LogP) is 5.36. The highest BCUT2D eigenvalue weighted by molar-refractivity contribution is 7.93. The van der Waals surface area contributed by atoms with E-state index in [1.54, 1.807) is 35.8 Å². The highest BCUT2D eigenvalue weighted by Crippen LogP contribution is 2.41. The topological polar surface area (TPSA) is 79.4 Å². The van der Waals surface area contributed by atoms with Crippen molar-refractivity contribution in [3.63, 3.8) is 0 Å². The van der Waals surface area contributed by atoms with Gasteiger partial charge in [0.1, 0.15) is 0 Å². The Bertz CT molecular complexity index is 1250.